The zero-order chi connectivity index (χ0) is 21.6. The molecule has 8 heteroatoms. The maximum Gasteiger partial charge on any atom is 0.278 e. The van der Waals surface area contributed by atoms with E-state index in [2.05, 4.69) is 16.0 Å². The highest BCUT2D eigenvalue weighted by molar-refractivity contribution is 5.78. The van der Waals surface area contributed by atoms with Crippen LogP contribution in [0.1, 0.15) is 37.9 Å². The summed E-state index contributed by atoms with van der Waals surface area (Å²) >= 11 is 0. The molecule has 2 aromatic rings. The number of nitrogens with one attached hydrogen (secondary N) is 2. The lowest BCUT2D eigenvalue weighted by Gasteiger charge is -2.39. The van der Waals surface area contributed by atoms with Crippen LogP contribution in [0.2, 0.25) is 0 Å². The molecular weight excluding hydrogens is 382 g/mol. The van der Waals surface area contributed by atoms with Gasteiger partial charge in [0.25, 0.3) is 11.5 Å². The first-order valence-electron chi connectivity index (χ1n) is 10.5. The lowest BCUT2D eigenvalue weighted by atomic mass is 9.81. The topological polar surface area (TPSA) is 104 Å². The van der Waals surface area contributed by atoms with Gasteiger partial charge in [-0.15, -0.1) is 0 Å². The molecule has 3 rings (SSSR count). The van der Waals surface area contributed by atoms with E-state index in [1.165, 1.54) is 0 Å². The number of benzene rings is 1. The smallest absolute Gasteiger partial charge is 0.278 e. The van der Waals surface area contributed by atoms with E-state index in [1.807, 2.05) is 12.1 Å². The molecule has 0 radical (unpaired) electrons. The Morgan fingerprint density at radius 1 is 1.33 bits per heavy atom. The number of carbonyl (C=O) groups excluding carboxylic acids is 1. The number of rotatable bonds is 8. The highest BCUT2D eigenvalue weighted by Crippen LogP contribution is 2.32. The van der Waals surface area contributed by atoms with Crippen molar-refractivity contribution >= 4 is 16.8 Å². The number of hydrogen-bond acceptors (Lipinski definition) is 5. The van der Waals surface area contributed by atoms with Crippen LogP contribution in [0, 0.1) is 11.3 Å². The minimum absolute atomic E-state index is 0.0762. The van der Waals surface area contributed by atoms with Crippen molar-refractivity contribution in [2.75, 3.05) is 33.9 Å². The van der Waals surface area contributed by atoms with Gasteiger partial charge in [-0.05, 0) is 25.0 Å². The van der Waals surface area contributed by atoms with Crippen molar-refractivity contribution in [3.63, 3.8) is 0 Å². The summed E-state index contributed by atoms with van der Waals surface area (Å²) in [6.45, 7) is 1.67. The molecule has 1 saturated carbocycles. The standard InChI is InChI=1S/C22H29N5O3/c1-26(22(16-23)10-6-3-7-11-22)20(28)15-27(12-13-30-2)14-19-24-18-9-5-4-8-17(18)21(29)25-19/h4-5,8-9H,3,6-7,10-15H2,1-2H3,(H,24,25,29)/p+1. The van der Waals surface area contributed by atoms with Crippen molar-refractivity contribution in [1.82, 2.24) is 14.9 Å². The molecule has 0 bridgehead atoms. The SMILES string of the molecule is COCC[NH+](CC(=O)N(C)C1(C#N)CCCCC1)Cc1nc2ccccc2c(=O)[nH]1. The zero-order valence-corrected chi connectivity index (χ0v) is 17.7. The summed E-state index contributed by atoms with van der Waals surface area (Å²) in [5.74, 6) is 0.459. The molecule has 160 valence electrons. The average molecular weight is 413 g/mol. The minimum atomic E-state index is -0.711. The Kier molecular flexibility index (Phi) is 7.19. The second kappa shape index (κ2) is 9.83. The van der Waals surface area contributed by atoms with Crippen LogP contribution in [0.5, 0.6) is 0 Å². The number of aromatic amines is 1. The molecule has 8 nitrogen and oxygen atoms in total. The molecule has 1 heterocycles. The molecule has 1 amide bonds. The number of quaternary nitrogens is 1. The van der Waals surface area contributed by atoms with E-state index in [-0.39, 0.29) is 18.0 Å². The summed E-state index contributed by atoms with van der Waals surface area (Å²) in [6.07, 6.45) is 4.48. The Morgan fingerprint density at radius 2 is 2.07 bits per heavy atom. The largest absolute Gasteiger partial charge is 0.379 e. The second-order valence-electron chi connectivity index (χ2n) is 8.03. The van der Waals surface area contributed by atoms with Crippen LogP contribution in [0.25, 0.3) is 10.9 Å². The van der Waals surface area contributed by atoms with E-state index < -0.39 is 5.54 Å². The summed E-state index contributed by atoms with van der Waals surface area (Å²) < 4.78 is 5.21. The Labute approximate surface area is 176 Å². The number of amides is 1. The van der Waals surface area contributed by atoms with Crippen molar-refractivity contribution in [2.24, 2.45) is 0 Å². The Balaban J connectivity index is 1.76. The van der Waals surface area contributed by atoms with Gasteiger partial charge in [0.15, 0.2) is 12.4 Å². The van der Waals surface area contributed by atoms with Crippen LogP contribution in [-0.2, 0) is 16.1 Å². The van der Waals surface area contributed by atoms with Crippen molar-refractivity contribution in [1.29, 1.82) is 5.26 Å². The number of carbonyl (C=O) groups is 1. The van der Waals surface area contributed by atoms with Gasteiger partial charge < -0.3 is 19.5 Å². The summed E-state index contributed by atoms with van der Waals surface area (Å²) in [6, 6.07) is 9.60. The predicted octanol–water partition coefficient (Wildman–Crippen LogP) is 0.639. The Hall–Kier alpha value is -2.76. The van der Waals surface area contributed by atoms with Crippen LogP contribution in [-0.4, -0.2) is 60.2 Å². The molecule has 30 heavy (non-hydrogen) atoms. The van der Waals surface area contributed by atoms with Gasteiger partial charge in [0.05, 0.1) is 23.6 Å². The van der Waals surface area contributed by atoms with E-state index in [9.17, 15) is 14.9 Å². The first-order chi connectivity index (χ1) is 14.5. The predicted molar refractivity (Wildman–Crippen MR) is 113 cm³/mol. The van der Waals surface area contributed by atoms with Crippen molar-refractivity contribution in [3.05, 3.63) is 40.4 Å². The number of aromatic nitrogens is 2. The third-order valence-electron chi connectivity index (χ3n) is 6.05. The first kappa shape index (κ1) is 21.9. The van der Waals surface area contributed by atoms with Gasteiger partial charge in [0.1, 0.15) is 18.6 Å². The minimum Gasteiger partial charge on any atom is -0.379 e. The summed E-state index contributed by atoms with van der Waals surface area (Å²) in [7, 11) is 3.36. The third-order valence-corrected chi connectivity index (χ3v) is 6.05. The number of fused-ring (bicyclic) bond motifs is 1. The number of nitrogens with zero attached hydrogens (tertiary/aromatic N) is 3. The van der Waals surface area contributed by atoms with Crippen LogP contribution in [0.3, 0.4) is 0 Å². The lowest BCUT2D eigenvalue weighted by molar-refractivity contribution is -0.907. The number of para-hydroxylation sites is 1. The molecule has 0 spiro atoms. The summed E-state index contributed by atoms with van der Waals surface area (Å²) in [5, 5.41) is 10.3. The lowest BCUT2D eigenvalue weighted by Crippen LogP contribution is -3.12. The molecule has 2 N–H and O–H groups in total. The molecule has 0 saturated heterocycles. The van der Waals surface area contributed by atoms with Crippen molar-refractivity contribution < 1.29 is 14.4 Å². The average Bonchev–Trinajstić information content (AvgIpc) is 2.77. The van der Waals surface area contributed by atoms with Gasteiger partial charge in [-0.2, -0.15) is 5.26 Å². The fourth-order valence-electron chi connectivity index (χ4n) is 4.17. The van der Waals surface area contributed by atoms with Gasteiger partial charge in [-0.25, -0.2) is 4.98 Å². The van der Waals surface area contributed by atoms with Crippen molar-refractivity contribution in [2.45, 2.75) is 44.2 Å². The van der Waals surface area contributed by atoms with Crippen LogP contribution >= 0.6 is 0 Å². The van der Waals surface area contributed by atoms with Crippen molar-refractivity contribution in [3.8, 4) is 6.07 Å². The molecule has 1 aliphatic carbocycles. The van der Waals surface area contributed by atoms with Crippen LogP contribution in [0.4, 0.5) is 0 Å². The van der Waals surface area contributed by atoms with E-state index in [4.69, 9.17) is 4.74 Å². The Morgan fingerprint density at radius 3 is 2.77 bits per heavy atom. The van der Waals surface area contributed by atoms with Gasteiger partial charge in [-0.1, -0.05) is 31.4 Å². The maximum atomic E-state index is 13.1. The highest BCUT2D eigenvalue weighted by Gasteiger charge is 2.39. The molecular formula is C22H30N5O3+. The fraction of sp³-hybridized carbons (Fsp3) is 0.545. The maximum absolute atomic E-state index is 13.1. The molecule has 1 fully saturated rings. The number of ether oxygens (including phenoxy) is 1. The van der Waals surface area contributed by atoms with Crippen LogP contribution in [0.15, 0.2) is 29.1 Å². The molecule has 0 aliphatic heterocycles. The highest BCUT2D eigenvalue weighted by atomic mass is 16.5. The first-order valence-corrected chi connectivity index (χ1v) is 10.5. The third kappa shape index (κ3) is 4.86. The fourth-order valence-corrected chi connectivity index (χ4v) is 4.17. The van der Waals surface area contributed by atoms with Gasteiger partial charge in [0.2, 0.25) is 0 Å². The quantitative estimate of drug-likeness (QED) is 0.662. The Bertz CT molecular complexity index is 975. The second-order valence-corrected chi connectivity index (χ2v) is 8.03. The normalized spacial score (nSPS) is 16.7. The van der Waals surface area contributed by atoms with Gasteiger partial charge in [-0.3, -0.25) is 9.59 Å². The van der Waals surface area contributed by atoms with Gasteiger partial charge >= 0.3 is 0 Å². The number of nitriles is 1. The molecule has 1 aliphatic rings. The summed E-state index contributed by atoms with van der Waals surface area (Å²) in [5.41, 5.74) is -0.260. The number of methoxy groups -OCH3 is 1. The molecule has 1 aromatic heterocycles. The molecule has 1 atom stereocenters. The van der Waals surface area contributed by atoms with E-state index >= 15 is 0 Å². The zero-order valence-electron chi connectivity index (χ0n) is 17.7. The summed E-state index contributed by atoms with van der Waals surface area (Å²) in [4.78, 5) is 35.4. The number of hydrogen-bond donors (Lipinski definition) is 2. The molecule has 1 unspecified atom stereocenters. The molecule has 1 aromatic carbocycles. The van der Waals surface area contributed by atoms with Gasteiger partial charge in [0, 0.05) is 14.2 Å². The van der Waals surface area contributed by atoms with E-state index in [0.29, 0.717) is 36.4 Å². The van der Waals surface area contributed by atoms with E-state index in [1.54, 1.807) is 31.2 Å². The number of likely N-dealkylation sites (N-methyl/N-ethyl adjacent to an activating group) is 1. The monoisotopic (exact) mass is 412 g/mol. The van der Waals surface area contributed by atoms with Crippen LogP contribution < -0.4 is 10.5 Å². The van der Waals surface area contributed by atoms with E-state index in [0.717, 1.165) is 37.0 Å². The number of H-pyrrole nitrogens is 1.